The molecule has 0 radical (unpaired) electrons. The van der Waals surface area contributed by atoms with Gasteiger partial charge in [0.15, 0.2) is 5.69 Å². The van der Waals surface area contributed by atoms with Crippen LogP contribution in [0.5, 0.6) is 0 Å². The maximum absolute atomic E-state index is 13.4. The number of likely N-dealkylation sites (tertiary alicyclic amines) is 1. The molecule has 6 nitrogen and oxygen atoms in total. The summed E-state index contributed by atoms with van der Waals surface area (Å²) in [6, 6.07) is 11.0. The van der Waals surface area contributed by atoms with E-state index >= 15 is 0 Å². The van der Waals surface area contributed by atoms with Crippen molar-refractivity contribution in [3.63, 3.8) is 0 Å². The van der Waals surface area contributed by atoms with Crippen LogP contribution in [-0.4, -0.2) is 39.2 Å². The second-order valence-electron chi connectivity index (χ2n) is 7.20. The first-order valence-corrected chi connectivity index (χ1v) is 9.36. The average molecular weight is 380 g/mol. The zero-order chi connectivity index (χ0) is 19.7. The van der Waals surface area contributed by atoms with Gasteiger partial charge >= 0.3 is 0 Å². The molecule has 1 aromatic carbocycles. The third-order valence-electron chi connectivity index (χ3n) is 4.98. The van der Waals surface area contributed by atoms with Gasteiger partial charge in [-0.25, -0.2) is 9.37 Å². The molecule has 1 aliphatic rings. The summed E-state index contributed by atoms with van der Waals surface area (Å²) < 4.78 is 15.0. The zero-order valence-electron chi connectivity index (χ0n) is 15.6. The van der Waals surface area contributed by atoms with Gasteiger partial charge in [0, 0.05) is 25.0 Å². The molecule has 0 spiro atoms. The van der Waals surface area contributed by atoms with Crippen molar-refractivity contribution in [2.24, 2.45) is 5.92 Å². The van der Waals surface area contributed by atoms with Crippen molar-refractivity contribution in [2.75, 3.05) is 18.4 Å². The molecular weight excluding hydrogens is 359 g/mol. The fourth-order valence-electron chi connectivity index (χ4n) is 3.63. The third-order valence-corrected chi connectivity index (χ3v) is 4.98. The van der Waals surface area contributed by atoms with Gasteiger partial charge in [0.25, 0.3) is 11.8 Å². The summed E-state index contributed by atoms with van der Waals surface area (Å²) in [6.07, 6.45) is 3.76. The lowest BCUT2D eigenvalue weighted by atomic mass is 10.00. The number of benzene rings is 1. The van der Waals surface area contributed by atoms with E-state index in [1.807, 2.05) is 0 Å². The molecule has 3 aromatic rings. The molecule has 1 unspecified atom stereocenters. The molecular formula is C21H21FN4O2. The van der Waals surface area contributed by atoms with Crippen LogP contribution in [0.3, 0.4) is 0 Å². The molecule has 2 amide bonds. The van der Waals surface area contributed by atoms with Crippen molar-refractivity contribution in [2.45, 2.75) is 19.8 Å². The van der Waals surface area contributed by atoms with Gasteiger partial charge in [-0.15, -0.1) is 0 Å². The van der Waals surface area contributed by atoms with E-state index in [-0.39, 0.29) is 17.4 Å². The highest BCUT2D eigenvalue weighted by atomic mass is 19.1. The fourth-order valence-corrected chi connectivity index (χ4v) is 3.63. The van der Waals surface area contributed by atoms with E-state index in [1.165, 1.54) is 18.2 Å². The maximum Gasteiger partial charge on any atom is 0.292 e. The Morgan fingerprint density at radius 3 is 2.86 bits per heavy atom. The van der Waals surface area contributed by atoms with Crippen LogP contribution in [0, 0.1) is 11.7 Å². The zero-order valence-corrected chi connectivity index (χ0v) is 15.6. The number of imidazole rings is 1. The van der Waals surface area contributed by atoms with Crippen molar-refractivity contribution in [1.29, 1.82) is 0 Å². The number of amides is 2. The predicted octanol–water partition coefficient (Wildman–Crippen LogP) is 3.60. The Bertz CT molecular complexity index is 1050. The minimum Gasteiger partial charge on any atom is -0.337 e. The molecule has 1 saturated heterocycles. The van der Waals surface area contributed by atoms with Crippen molar-refractivity contribution >= 4 is 23.0 Å². The summed E-state index contributed by atoms with van der Waals surface area (Å²) in [5, 5.41) is 2.64. The minimum atomic E-state index is -0.502. The molecule has 144 valence electrons. The van der Waals surface area contributed by atoms with Gasteiger partial charge in [0.2, 0.25) is 5.82 Å². The van der Waals surface area contributed by atoms with E-state index in [0.29, 0.717) is 30.2 Å². The Morgan fingerprint density at radius 2 is 2.07 bits per heavy atom. The van der Waals surface area contributed by atoms with E-state index in [0.717, 1.165) is 12.8 Å². The summed E-state index contributed by atoms with van der Waals surface area (Å²) >= 11 is 0. The van der Waals surface area contributed by atoms with Crippen molar-refractivity contribution in [3.8, 4) is 0 Å². The van der Waals surface area contributed by atoms with Crippen LogP contribution in [0.1, 0.15) is 40.9 Å². The Kier molecular flexibility index (Phi) is 4.81. The smallest absolute Gasteiger partial charge is 0.292 e. The number of fused-ring (bicyclic) bond motifs is 1. The molecule has 0 saturated carbocycles. The van der Waals surface area contributed by atoms with Gasteiger partial charge in [-0.1, -0.05) is 19.1 Å². The number of hydrogen-bond acceptors (Lipinski definition) is 3. The fraction of sp³-hybridized carbons (Fsp3) is 0.286. The molecule has 7 heteroatoms. The molecule has 0 aliphatic carbocycles. The Labute approximate surface area is 162 Å². The quantitative estimate of drug-likeness (QED) is 0.755. The van der Waals surface area contributed by atoms with E-state index in [9.17, 15) is 14.0 Å². The topological polar surface area (TPSA) is 66.7 Å². The number of hydrogen-bond donors (Lipinski definition) is 1. The average Bonchev–Trinajstić information content (AvgIpc) is 3.07. The number of nitrogens with one attached hydrogen (secondary N) is 1. The molecule has 28 heavy (non-hydrogen) atoms. The van der Waals surface area contributed by atoms with Gasteiger partial charge in [-0.05, 0) is 49.1 Å². The summed E-state index contributed by atoms with van der Waals surface area (Å²) in [4.78, 5) is 32.0. The van der Waals surface area contributed by atoms with E-state index in [1.54, 1.807) is 39.8 Å². The van der Waals surface area contributed by atoms with Crippen LogP contribution in [0.2, 0.25) is 0 Å². The van der Waals surface area contributed by atoms with Crippen molar-refractivity contribution in [1.82, 2.24) is 14.3 Å². The van der Waals surface area contributed by atoms with Crippen LogP contribution in [0.25, 0.3) is 5.52 Å². The number of halogens is 1. The molecule has 1 N–H and O–H groups in total. The van der Waals surface area contributed by atoms with Crippen LogP contribution in [-0.2, 0) is 0 Å². The Hall–Kier alpha value is -3.22. The van der Waals surface area contributed by atoms with E-state index < -0.39 is 11.7 Å². The highest BCUT2D eigenvalue weighted by Crippen LogP contribution is 2.21. The van der Waals surface area contributed by atoms with Gasteiger partial charge in [0.05, 0.1) is 5.52 Å². The largest absolute Gasteiger partial charge is 0.337 e. The van der Waals surface area contributed by atoms with E-state index in [4.69, 9.17) is 0 Å². The lowest BCUT2D eigenvalue weighted by molar-refractivity contribution is 0.0679. The molecule has 0 bridgehead atoms. The normalized spacial score (nSPS) is 16.9. The number of rotatable bonds is 3. The molecule has 1 aliphatic heterocycles. The molecule has 3 heterocycles. The lowest BCUT2D eigenvalue weighted by Crippen LogP contribution is -2.39. The number of nitrogens with zero attached hydrogens (tertiary/aromatic N) is 3. The van der Waals surface area contributed by atoms with Gasteiger partial charge < -0.3 is 10.2 Å². The van der Waals surface area contributed by atoms with Crippen molar-refractivity contribution in [3.05, 3.63) is 66.0 Å². The third kappa shape index (κ3) is 3.47. The highest BCUT2D eigenvalue weighted by Gasteiger charge is 2.27. The minimum absolute atomic E-state index is 0.0910. The monoisotopic (exact) mass is 380 g/mol. The Balaban J connectivity index is 1.68. The second kappa shape index (κ2) is 7.42. The first-order valence-electron chi connectivity index (χ1n) is 9.36. The van der Waals surface area contributed by atoms with Crippen molar-refractivity contribution < 1.29 is 14.0 Å². The molecule has 1 fully saturated rings. The highest BCUT2D eigenvalue weighted by molar-refractivity contribution is 6.06. The number of carbonyl (C=O) groups is 2. The summed E-state index contributed by atoms with van der Waals surface area (Å²) in [5.41, 5.74) is 1.17. The number of pyridine rings is 1. The standard InChI is InChI=1S/C21H21FN4O2/c1-14-6-5-10-25(13-14)21(28)18-17-9-2-3-11-26(17)19(24-18)20(27)23-16-8-4-7-15(22)12-16/h2-4,7-9,11-12,14H,5-6,10,13H2,1H3,(H,23,27). The summed E-state index contributed by atoms with van der Waals surface area (Å²) in [7, 11) is 0. The molecule has 2 aromatic heterocycles. The van der Waals surface area contributed by atoms with Crippen LogP contribution >= 0.6 is 0 Å². The van der Waals surface area contributed by atoms with E-state index in [2.05, 4.69) is 17.2 Å². The number of anilines is 1. The van der Waals surface area contributed by atoms with Gasteiger partial charge in [-0.3, -0.25) is 14.0 Å². The predicted molar refractivity (Wildman–Crippen MR) is 104 cm³/mol. The number of carbonyl (C=O) groups excluding carboxylic acids is 2. The summed E-state index contributed by atoms with van der Waals surface area (Å²) in [5.74, 6) is -0.575. The van der Waals surface area contributed by atoms with Crippen LogP contribution in [0.4, 0.5) is 10.1 Å². The second-order valence-corrected chi connectivity index (χ2v) is 7.20. The maximum atomic E-state index is 13.4. The SMILES string of the molecule is CC1CCCN(C(=O)c2nc(C(=O)Nc3cccc(F)c3)n3ccccc23)C1. The number of aromatic nitrogens is 2. The Morgan fingerprint density at radius 1 is 1.21 bits per heavy atom. The van der Waals surface area contributed by atoms with Crippen LogP contribution < -0.4 is 5.32 Å². The summed E-state index contributed by atoms with van der Waals surface area (Å²) in [6.45, 7) is 3.51. The first-order chi connectivity index (χ1) is 13.5. The van der Waals surface area contributed by atoms with Gasteiger partial charge in [-0.2, -0.15) is 0 Å². The first kappa shape index (κ1) is 18.2. The molecule has 4 rings (SSSR count). The van der Waals surface area contributed by atoms with Gasteiger partial charge in [0.1, 0.15) is 5.82 Å². The lowest BCUT2D eigenvalue weighted by Gasteiger charge is -2.30. The number of piperidine rings is 1. The van der Waals surface area contributed by atoms with Crippen LogP contribution in [0.15, 0.2) is 48.7 Å². The molecule has 1 atom stereocenters.